The second-order valence-electron chi connectivity index (χ2n) is 6.01. The van der Waals surface area contributed by atoms with Crippen LogP contribution in [-0.2, 0) is 4.79 Å². The summed E-state index contributed by atoms with van der Waals surface area (Å²) in [5.41, 5.74) is 5.99. The van der Waals surface area contributed by atoms with Crippen molar-refractivity contribution in [3.63, 3.8) is 0 Å². The van der Waals surface area contributed by atoms with Crippen LogP contribution in [0.15, 0.2) is 0 Å². The number of nitrogens with two attached hydrogens (primary N) is 1. The maximum atomic E-state index is 12.2. The fourth-order valence-corrected chi connectivity index (χ4v) is 3.03. The number of likely N-dealkylation sites (tertiary alicyclic amines) is 1. The molecule has 0 aliphatic carbocycles. The topological polar surface area (TPSA) is 49.6 Å². The Balaban J connectivity index is 2.42. The van der Waals surface area contributed by atoms with E-state index in [2.05, 4.69) is 32.6 Å². The van der Waals surface area contributed by atoms with Crippen LogP contribution in [0.3, 0.4) is 0 Å². The minimum atomic E-state index is -0.315. The third-order valence-corrected chi connectivity index (χ3v) is 4.15. The minimum absolute atomic E-state index is 0.145. The van der Waals surface area contributed by atoms with Crippen molar-refractivity contribution in [3.05, 3.63) is 0 Å². The molecular weight excluding hydrogens is 238 g/mol. The second kappa shape index (κ2) is 7.85. The van der Waals surface area contributed by atoms with Crippen LogP contribution >= 0.6 is 0 Å². The number of carbonyl (C=O) groups is 1. The van der Waals surface area contributed by atoms with E-state index in [1.54, 1.807) is 0 Å². The lowest BCUT2D eigenvalue weighted by molar-refractivity contribution is -0.134. The van der Waals surface area contributed by atoms with Crippen LogP contribution in [0.5, 0.6) is 0 Å². The molecular formula is C15H31N3O. The summed E-state index contributed by atoms with van der Waals surface area (Å²) in [6.45, 7) is 12.6. The van der Waals surface area contributed by atoms with Crippen molar-refractivity contribution < 1.29 is 4.79 Å². The maximum absolute atomic E-state index is 12.2. The molecule has 0 aromatic carbocycles. The van der Waals surface area contributed by atoms with E-state index in [-0.39, 0.29) is 11.9 Å². The molecule has 1 heterocycles. The molecule has 4 nitrogen and oxygen atoms in total. The SMILES string of the molecule is CCN(CC)C1CCN(C(=O)[C@@H](N)CC(C)C)CC1. The molecule has 0 unspecified atom stereocenters. The lowest BCUT2D eigenvalue weighted by atomic mass is 9.99. The van der Waals surface area contributed by atoms with Crippen LogP contribution in [0.1, 0.15) is 47.0 Å². The third kappa shape index (κ3) is 4.77. The molecule has 4 heteroatoms. The fraction of sp³-hybridized carbons (Fsp3) is 0.933. The van der Waals surface area contributed by atoms with Gasteiger partial charge in [-0.25, -0.2) is 0 Å². The Morgan fingerprint density at radius 2 is 1.79 bits per heavy atom. The quantitative estimate of drug-likeness (QED) is 0.798. The lowest BCUT2D eigenvalue weighted by Gasteiger charge is -2.38. The highest BCUT2D eigenvalue weighted by atomic mass is 16.2. The van der Waals surface area contributed by atoms with Gasteiger partial charge >= 0.3 is 0 Å². The lowest BCUT2D eigenvalue weighted by Crippen LogP contribution is -2.51. The second-order valence-corrected chi connectivity index (χ2v) is 6.01. The van der Waals surface area contributed by atoms with Crippen LogP contribution < -0.4 is 5.73 Å². The number of nitrogens with zero attached hydrogens (tertiary/aromatic N) is 2. The highest BCUT2D eigenvalue weighted by Crippen LogP contribution is 2.17. The molecule has 1 aliphatic heterocycles. The molecule has 1 fully saturated rings. The number of rotatable bonds is 6. The first-order valence-corrected chi connectivity index (χ1v) is 7.77. The molecule has 112 valence electrons. The third-order valence-electron chi connectivity index (χ3n) is 4.15. The van der Waals surface area contributed by atoms with Crippen molar-refractivity contribution in [1.29, 1.82) is 0 Å². The van der Waals surface area contributed by atoms with Gasteiger partial charge in [0.1, 0.15) is 0 Å². The van der Waals surface area contributed by atoms with Gasteiger partial charge in [-0.05, 0) is 38.3 Å². The van der Waals surface area contributed by atoms with Gasteiger partial charge in [-0.2, -0.15) is 0 Å². The zero-order chi connectivity index (χ0) is 14.4. The Kier molecular flexibility index (Phi) is 6.80. The summed E-state index contributed by atoms with van der Waals surface area (Å²) in [7, 11) is 0. The van der Waals surface area contributed by atoms with E-state index in [4.69, 9.17) is 5.73 Å². The maximum Gasteiger partial charge on any atom is 0.239 e. The summed E-state index contributed by atoms with van der Waals surface area (Å²) >= 11 is 0. The molecule has 0 bridgehead atoms. The van der Waals surface area contributed by atoms with Crippen molar-refractivity contribution in [2.75, 3.05) is 26.2 Å². The Labute approximate surface area is 118 Å². The average molecular weight is 269 g/mol. The van der Waals surface area contributed by atoms with Gasteiger partial charge in [0, 0.05) is 19.1 Å². The first kappa shape index (κ1) is 16.4. The van der Waals surface area contributed by atoms with E-state index in [1.807, 2.05) is 4.90 Å². The van der Waals surface area contributed by atoms with Gasteiger partial charge in [0.2, 0.25) is 5.91 Å². The summed E-state index contributed by atoms with van der Waals surface area (Å²) in [5, 5.41) is 0. The molecule has 1 amide bonds. The van der Waals surface area contributed by atoms with Crippen LogP contribution in [0.4, 0.5) is 0 Å². The molecule has 1 rings (SSSR count). The minimum Gasteiger partial charge on any atom is -0.341 e. The van der Waals surface area contributed by atoms with Crippen LogP contribution in [-0.4, -0.2) is 54.0 Å². The summed E-state index contributed by atoms with van der Waals surface area (Å²) in [4.78, 5) is 16.7. The Bertz CT molecular complexity index is 269. The van der Waals surface area contributed by atoms with Crippen molar-refractivity contribution in [3.8, 4) is 0 Å². The van der Waals surface area contributed by atoms with Gasteiger partial charge in [-0.15, -0.1) is 0 Å². The van der Waals surface area contributed by atoms with Crippen molar-refractivity contribution in [1.82, 2.24) is 9.80 Å². The zero-order valence-corrected chi connectivity index (χ0v) is 13.1. The largest absolute Gasteiger partial charge is 0.341 e. The standard InChI is InChI=1S/C15H31N3O/c1-5-17(6-2)13-7-9-18(10-8-13)15(19)14(16)11-12(3)4/h12-14H,5-11,16H2,1-4H3/t14-/m0/s1. The van der Waals surface area contributed by atoms with Crippen molar-refractivity contribution in [2.24, 2.45) is 11.7 Å². The molecule has 2 N–H and O–H groups in total. The van der Waals surface area contributed by atoms with Crippen molar-refractivity contribution >= 4 is 5.91 Å². The summed E-state index contributed by atoms with van der Waals surface area (Å²) in [6, 6.07) is 0.324. The first-order chi connectivity index (χ1) is 8.99. The number of amides is 1. The highest BCUT2D eigenvalue weighted by Gasteiger charge is 2.28. The number of piperidine rings is 1. The summed E-state index contributed by atoms with van der Waals surface area (Å²) < 4.78 is 0. The molecule has 0 spiro atoms. The Morgan fingerprint density at radius 3 is 2.21 bits per heavy atom. The van der Waals surface area contributed by atoms with E-state index < -0.39 is 0 Å². The predicted octanol–water partition coefficient (Wildman–Crippen LogP) is 1.69. The summed E-state index contributed by atoms with van der Waals surface area (Å²) in [5.74, 6) is 0.624. The smallest absolute Gasteiger partial charge is 0.239 e. The van der Waals surface area contributed by atoms with E-state index in [0.717, 1.165) is 45.4 Å². The zero-order valence-electron chi connectivity index (χ0n) is 13.1. The molecule has 1 aliphatic rings. The van der Waals surface area contributed by atoms with Gasteiger partial charge in [-0.1, -0.05) is 27.7 Å². The predicted molar refractivity (Wildman–Crippen MR) is 80.0 cm³/mol. The number of carbonyl (C=O) groups excluding carboxylic acids is 1. The molecule has 0 aromatic heterocycles. The van der Waals surface area contributed by atoms with Crippen LogP contribution in [0.2, 0.25) is 0 Å². The van der Waals surface area contributed by atoms with E-state index >= 15 is 0 Å². The van der Waals surface area contributed by atoms with Gasteiger partial charge < -0.3 is 15.5 Å². The Hall–Kier alpha value is -0.610. The van der Waals surface area contributed by atoms with Crippen LogP contribution in [0, 0.1) is 5.92 Å². The molecule has 0 radical (unpaired) electrons. The number of hydrogen-bond acceptors (Lipinski definition) is 3. The van der Waals surface area contributed by atoms with Gasteiger partial charge in [-0.3, -0.25) is 4.79 Å². The molecule has 0 aromatic rings. The molecule has 1 saturated heterocycles. The van der Waals surface area contributed by atoms with Crippen molar-refractivity contribution in [2.45, 2.75) is 59.0 Å². The van der Waals surface area contributed by atoms with Gasteiger partial charge in [0.05, 0.1) is 6.04 Å². The molecule has 19 heavy (non-hydrogen) atoms. The van der Waals surface area contributed by atoms with E-state index in [9.17, 15) is 4.79 Å². The highest BCUT2D eigenvalue weighted by molar-refractivity contribution is 5.81. The van der Waals surface area contributed by atoms with Crippen LogP contribution in [0.25, 0.3) is 0 Å². The van der Waals surface area contributed by atoms with E-state index in [1.165, 1.54) is 0 Å². The first-order valence-electron chi connectivity index (χ1n) is 7.77. The van der Waals surface area contributed by atoms with Gasteiger partial charge in [0.25, 0.3) is 0 Å². The normalized spacial score (nSPS) is 19.2. The fourth-order valence-electron chi connectivity index (χ4n) is 3.03. The Morgan fingerprint density at radius 1 is 1.26 bits per heavy atom. The number of hydrogen-bond donors (Lipinski definition) is 1. The molecule has 1 atom stereocenters. The monoisotopic (exact) mass is 269 g/mol. The summed E-state index contributed by atoms with van der Waals surface area (Å²) in [6.07, 6.45) is 2.96. The van der Waals surface area contributed by atoms with Gasteiger partial charge in [0.15, 0.2) is 0 Å². The molecule has 0 saturated carbocycles. The van der Waals surface area contributed by atoms with E-state index in [0.29, 0.717) is 12.0 Å². The average Bonchev–Trinajstić information content (AvgIpc) is 2.39.